The van der Waals surface area contributed by atoms with Crippen molar-refractivity contribution in [2.24, 2.45) is 5.73 Å². The zero-order valence-electron chi connectivity index (χ0n) is 27.1. The van der Waals surface area contributed by atoms with Gasteiger partial charge in [-0.15, -0.1) is 11.3 Å². The molecule has 0 spiro atoms. The number of hydrogen-bond donors (Lipinski definition) is 1. The topological polar surface area (TPSA) is 104 Å². The van der Waals surface area contributed by atoms with Crippen molar-refractivity contribution in [1.29, 1.82) is 0 Å². The molecule has 0 atom stereocenters. The number of primary amides is 1. The van der Waals surface area contributed by atoms with Crippen LogP contribution in [0.3, 0.4) is 0 Å². The minimum atomic E-state index is -0.506. The molecule has 1 aliphatic heterocycles. The smallest absolute Gasteiger partial charge is 0.314 e. The number of likely N-dealkylation sites (N-methyl/N-ethyl adjacent to an activating group) is 1. The van der Waals surface area contributed by atoms with Gasteiger partial charge in [0.2, 0.25) is 0 Å². The number of morpholine rings is 1. The molecule has 1 fully saturated rings. The summed E-state index contributed by atoms with van der Waals surface area (Å²) in [5.41, 5.74) is 9.50. The number of nitrogens with zero attached hydrogens (tertiary/aromatic N) is 2. The molecule has 48 heavy (non-hydrogen) atoms. The average molecular weight is 666 g/mol. The average Bonchev–Trinajstić information content (AvgIpc) is 3.50. The number of thiophene rings is 1. The standard InChI is InChI=1S/C38H39N3O6S/c1-40(38(39)43)16-21-46-30-12-10-27(11-13-30)37-35(32-15-14-31(23-34(32)48-37)47-25-26-6-4-3-5-7-26)36(42)28-8-9-29(33(22-28)44-2)24-41-17-19-45-20-18-41/h3-15,22-23H,16-21,24-25H2,1-2H3,(H2,39,43). The van der Waals surface area contributed by atoms with Crippen molar-refractivity contribution < 1.29 is 28.5 Å². The lowest BCUT2D eigenvalue weighted by Gasteiger charge is -2.27. The number of benzene rings is 4. The fraction of sp³-hybridized carbons (Fsp3) is 0.263. The van der Waals surface area contributed by atoms with Gasteiger partial charge in [0.25, 0.3) is 0 Å². The van der Waals surface area contributed by atoms with Gasteiger partial charge in [0, 0.05) is 58.3 Å². The highest BCUT2D eigenvalue weighted by Gasteiger charge is 2.24. The van der Waals surface area contributed by atoms with E-state index in [0.29, 0.717) is 55.6 Å². The van der Waals surface area contributed by atoms with Crippen molar-refractivity contribution >= 4 is 33.2 Å². The molecule has 0 saturated carbocycles. The van der Waals surface area contributed by atoms with Crippen LogP contribution in [0.4, 0.5) is 4.79 Å². The third-order valence-electron chi connectivity index (χ3n) is 8.37. The fourth-order valence-corrected chi connectivity index (χ4v) is 6.84. The number of ketones is 1. The molecule has 9 nitrogen and oxygen atoms in total. The van der Waals surface area contributed by atoms with Gasteiger partial charge < -0.3 is 29.6 Å². The van der Waals surface area contributed by atoms with E-state index in [0.717, 1.165) is 57.0 Å². The predicted octanol–water partition coefficient (Wildman–Crippen LogP) is 6.61. The fourth-order valence-electron chi connectivity index (χ4n) is 5.61. The van der Waals surface area contributed by atoms with Crippen LogP contribution >= 0.6 is 11.3 Å². The first-order valence-corrected chi connectivity index (χ1v) is 16.7. The summed E-state index contributed by atoms with van der Waals surface area (Å²) < 4.78 is 24.2. The maximum absolute atomic E-state index is 14.4. The third-order valence-corrected chi connectivity index (χ3v) is 9.57. The summed E-state index contributed by atoms with van der Waals surface area (Å²) >= 11 is 1.55. The number of nitrogens with two attached hydrogens (primary N) is 1. The molecule has 0 radical (unpaired) electrons. The number of ether oxygens (including phenoxy) is 4. The summed E-state index contributed by atoms with van der Waals surface area (Å²) in [4.78, 5) is 30.3. The number of methoxy groups -OCH3 is 1. The van der Waals surface area contributed by atoms with Crippen molar-refractivity contribution in [3.8, 4) is 27.7 Å². The van der Waals surface area contributed by atoms with Gasteiger partial charge in [0.1, 0.15) is 30.5 Å². The van der Waals surface area contributed by atoms with Crippen LogP contribution in [0.1, 0.15) is 27.0 Å². The van der Waals surface area contributed by atoms with Crippen LogP contribution < -0.4 is 19.9 Å². The monoisotopic (exact) mass is 665 g/mol. The molecule has 10 heteroatoms. The lowest BCUT2D eigenvalue weighted by Crippen LogP contribution is -2.35. The van der Waals surface area contributed by atoms with E-state index in [1.54, 1.807) is 25.5 Å². The Bertz CT molecular complexity index is 1870. The number of fused-ring (bicyclic) bond motifs is 1. The molecule has 1 aromatic heterocycles. The van der Waals surface area contributed by atoms with Crippen LogP contribution in [0.25, 0.3) is 20.5 Å². The SMILES string of the molecule is COc1cc(C(=O)c2c(-c3ccc(OCCN(C)C(N)=O)cc3)sc3cc(OCc4ccccc4)ccc23)ccc1CN1CCOCC1. The maximum Gasteiger partial charge on any atom is 0.314 e. The predicted molar refractivity (Wildman–Crippen MR) is 188 cm³/mol. The molecule has 1 aliphatic rings. The lowest BCUT2D eigenvalue weighted by molar-refractivity contribution is 0.0339. The zero-order chi connectivity index (χ0) is 33.5. The Hall–Kier alpha value is -4.90. The largest absolute Gasteiger partial charge is 0.496 e. The molecule has 5 aromatic rings. The molecule has 248 valence electrons. The second-order valence-corrected chi connectivity index (χ2v) is 12.7. The van der Waals surface area contributed by atoms with Gasteiger partial charge >= 0.3 is 6.03 Å². The molecule has 6 rings (SSSR count). The molecule has 1 saturated heterocycles. The maximum atomic E-state index is 14.4. The normalized spacial score (nSPS) is 13.3. The molecule has 4 aromatic carbocycles. The van der Waals surface area contributed by atoms with Crippen LogP contribution in [0, 0.1) is 0 Å². The highest BCUT2D eigenvalue weighted by atomic mass is 32.1. The summed E-state index contributed by atoms with van der Waals surface area (Å²) in [7, 11) is 3.27. The van der Waals surface area contributed by atoms with Gasteiger partial charge in [-0.25, -0.2) is 4.79 Å². The van der Waals surface area contributed by atoms with Crippen LogP contribution in [-0.4, -0.2) is 75.2 Å². The van der Waals surface area contributed by atoms with E-state index in [9.17, 15) is 9.59 Å². The van der Waals surface area contributed by atoms with E-state index in [1.165, 1.54) is 4.90 Å². The molecule has 0 aliphatic carbocycles. The first-order chi connectivity index (χ1) is 23.4. The molecule has 0 bridgehead atoms. The van der Waals surface area contributed by atoms with Gasteiger partial charge in [-0.05, 0) is 59.7 Å². The summed E-state index contributed by atoms with van der Waals surface area (Å²) in [5, 5.41) is 0.859. The van der Waals surface area contributed by atoms with E-state index in [4.69, 9.17) is 24.7 Å². The van der Waals surface area contributed by atoms with E-state index in [-0.39, 0.29) is 5.78 Å². The molecule has 2 amide bonds. The van der Waals surface area contributed by atoms with Gasteiger partial charge in [-0.3, -0.25) is 9.69 Å². The molecule has 2 N–H and O–H groups in total. The van der Waals surface area contributed by atoms with E-state index >= 15 is 0 Å². The van der Waals surface area contributed by atoms with Gasteiger partial charge in [-0.2, -0.15) is 0 Å². The number of hydrogen-bond acceptors (Lipinski definition) is 8. The van der Waals surface area contributed by atoms with Gasteiger partial charge in [0.15, 0.2) is 5.78 Å². The summed E-state index contributed by atoms with van der Waals surface area (Å²) in [6.45, 7) is 5.00. The second kappa shape index (κ2) is 15.3. The minimum Gasteiger partial charge on any atom is -0.496 e. The van der Waals surface area contributed by atoms with Crippen molar-refractivity contribution in [1.82, 2.24) is 9.80 Å². The number of amides is 2. The minimum absolute atomic E-state index is 0.0831. The lowest BCUT2D eigenvalue weighted by atomic mass is 9.96. The first kappa shape index (κ1) is 33.0. The highest BCUT2D eigenvalue weighted by molar-refractivity contribution is 7.22. The Morgan fingerprint density at radius 2 is 1.67 bits per heavy atom. The van der Waals surface area contributed by atoms with E-state index in [1.807, 2.05) is 91.0 Å². The molecular weight excluding hydrogens is 627 g/mol. The van der Waals surface area contributed by atoms with Gasteiger partial charge in [-0.1, -0.05) is 42.5 Å². The number of urea groups is 1. The van der Waals surface area contributed by atoms with Crippen LogP contribution in [0.2, 0.25) is 0 Å². The number of carbonyl (C=O) groups excluding carboxylic acids is 2. The van der Waals surface area contributed by atoms with Crippen molar-refractivity contribution in [2.75, 3.05) is 53.6 Å². The summed E-state index contributed by atoms with van der Waals surface area (Å²) in [6, 6.07) is 28.8. The Morgan fingerprint density at radius 1 is 0.917 bits per heavy atom. The number of carbonyl (C=O) groups is 2. The second-order valence-electron chi connectivity index (χ2n) is 11.6. The van der Waals surface area contributed by atoms with Crippen LogP contribution in [-0.2, 0) is 17.9 Å². The molecule has 2 heterocycles. The van der Waals surface area contributed by atoms with Crippen molar-refractivity contribution in [2.45, 2.75) is 13.2 Å². The Kier molecular flexibility index (Phi) is 10.5. The van der Waals surface area contributed by atoms with Gasteiger partial charge in [0.05, 0.1) is 26.9 Å². The highest BCUT2D eigenvalue weighted by Crippen LogP contribution is 2.42. The van der Waals surface area contributed by atoms with Crippen molar-refractivity contribution in [3.63, 3.8) is 0 Å². The Morgan fingerprint density at radius 3 is 2.40 bits per heavy atom. The zero-order valence-corrected chi connectivity index (χ0v) is 28.0. The third kappa shape index (κ3) is 7.79. The van der Waals surface area contributed by atoms with E-state index in [2.05, 4.69) is 4.90 Å². The summed E-state index contributed by atoms with van der Waals surface area (Å²) in [5.74, 6) is 1.99. The Balaban J connectivity index is 1.31. The summed E-state index contributed by atoms with van der Waals surface area (Å²) in [6.07, 6.45) is 0. The van der Waals surface area contributed by atoms with E-state index < -0.39 is 6.03 Å². The Labute approximate surface area is 284 Å². The quantitative estimate of drug-likeness (QED) is 0.141. The van der Waals surface area contributed by atoms with Crippen molar-refractivity contribution in [3.05, 3.63) is 113 Å². The first-order valence-electron chi connectivity index (χ1n) is 15.9. The molecular formula is C38H39N3O6S. The number of rotatable bonds is 13. The van der Waals surface area contributed by atoms with Crippen LogP contribution in [0.5, 0.6) is 17.2 Å². The van der Waals surface area contributed by atoms with Crippen LogP contribution in [0.15, 0.2) is 91.0 Å². The molecule has 0 unspecified atom stereocenters.